The molecular formula is C14H17N3O2. The first-order valence-electron chi connectivity index (χ1n) is 5.98. The van der Waals surface area contributed by atoms with Gasteiger partial charge >= 0.3 is 5.97 Å². The minimum Gasteiger partial charge on any atom is -0.464 e. The summed E-state index contributed by atoms with van der Waals surface area (Å²) < 4.78 is 6.28. The van der Waals surface area contributed by atoms with Crippen molar-refractivity contribution in [3.05, 3.63) is 46.8 Å². The lowest BCUT2D eigenvalue weighted by atomic mass is 10.1. The number of hydrogen-bond acceptors (Lipinski definition) is 4. The fraction of sp³-hybridized carbons (Fsp3) is 0.286. The van der Waals surface area contributed by atoms with Crippen molar-refractivity contribution < 1.29 is 9.53 Å². The van der Waals surface area contributed by atoms with Crippen molar-refractivity contribution in [3.8, 4) is 0 Å². The lowest BCUT2D eigenvalue weighted by Crippen LogP contribution is -2.07. The average Bonchev–Trinajstić information content (AvgIpc) is 2.74. The first-order valence-corrected chi connectivity index (χ1v) is 5.98. The van der Waals surface area contributed by atoms with Gasteiger partial charge in [-0.15, -0.1) is 0 Å². The Hall–Kier alpha value is -2.30. The Morgan fingerprint density at radius 3 is 2.84 bits per heavy atom. The highest BCUT2D eigenvalue weighted by atomic mass is 16.5. The van der Waals surface area contributed by atoms with Gasteiger partial charge in [0.05, 0.1) is 19.3 Å². The van der Waals surface area contributed by atoms with Gasteiger partial charge in [-0.05, 0) is 25.0 Å². The number of methoxy groups -OCH3 is 1. The van der Waals surface area contributed by atoms with Crippen LogP contribution < -0.4 is 5.73 Å². The van der Waals surface area contributed by atoms with Crippen LogP contribution in [0.1, 0.15) is 27.2 Å². The maximum absolute atomic E-state index is 11.4. The van der Waals surface area contributed by atoms with E-state index in [0.29, 0.717) is 12.2 Å². The summed E-state index contributed by atoms with van der Waals surface area (Å²) in [5.41, 5.74) is 9.77. The summed E-state index contributed by atoms with van der Waals surface area (Å²) in [5.74, 6) is -0.516. The van der Waals surface area contributed by atoms with E-state index in [1.54, 1.807) is 10.9 Å². The highest BCUT2D eigenvalue weighted by molar-refractivity contribution is 5.92. The van der Waals surface area contributed by atoms with E-state index in [4.69, 9.17) is 5.73 Å². The van der Waals surface area contributed by atoms with Gasteiger partial charge in [0.2, 0.25) is 0 Å². The second-order valence-corrected chi connectivity index (χ2v) is 4.55. The molecule has 0 radical (unpaired) electrons. The largest absolute Gasteiger partial charge is 0.464 e. The van der Waals surface area contributed by atoms with Gasteiger partial charge in [-0.25, -0.2) is 4.79 Å². The third-order valence-electron chi connectivity index (χ3n) is 3.01. The number of hydrogen-bond donors (Lipinski definition) is 1. The van der Waals surface area contributed by atoms with E-state index >= 15 is 0 Å². The third-order valence-corrected chi connectivity index (χ3v) is 3.01. The molecule has 2 aromatic rings. The van der Waals surface area contributed by atoms with Crippen LogP contribution in [0.4, 0.5) is 5.69 Å². The number of nitrogens with zero attached hydrogens (tertiary/aromatic N) is 2. The van der Waals surface area contributed by atoms with Crippen LogP contribution in [0, 0.1) is 13.8 Å². The fourth-order valence-electron chi connectivity index (χ4n) is 1.92. The molecule has 0 saturated carbocycles. The zero-order valence-corrected chi connectivity index (χ0v) is 11.3. The molecule has 5 heteroatoms. The summed E-state index contributed by atoms with van der Waals surface area (Å²) in [6, 6.07) is 6.24. The molecule has 1 heterocycles. The van der Waals surface area contributed by atoms with E-state index < -0.39 is 5.97 Å². The van der Waals surface area contributed by atoms with Gasteiger partial charge in [0, 0.05) is 6.20 Å². The number of carbonyl (C=O) groups is 1. The smallest absolute Gasteiger partial charge is 0.360 e. The number of ether oxygens (including phenoxy) is 1. The molecule has 0 aliphatic carbocycles. The van der Waals surface area contributed by atoms with Crippen LogP contribution in [-0.4, -0.2) is 22.9 Å². The maximum atomic E-state index is 11.4. The first-order chi connectivity index (χ1) is 9.01. The molecule has 0 saturated heterocycles. The predicted molar refractivity (Wildman–Crippen MR) is 73.0 cm³/mol. The molecule has 100 valence electrons. The van der Waals surface area contributed by atoms with Crippen LogP contribution in [0.5, 0.6) is 0 Å². The van der Waals surface area contributed by atoms with E-state index in [-0.39, 0.29) is 5.69 Å². The molecule has 0 spiro atoms. The summed E-state index contributed by atoms with van der Waals surface area (Å²) in [7, 11) is 1.31. The standard InChI is InChI=1S/C14H17N3O2/c1-9-4-5-10(2)11(6-9)7-17-8-12(15)13(16-17)14(18)19-3/h4-6,8H,7,15H2,1-3H3. The minimum absolute atomic E-state index is 0.160. The predicted octanol–water partition coefficient (Wildman–Crippen LogP) is 1.92. The van der Waals surface area contributed by atoms with E-state index in [1.165, 1.54) is 18.2 Å². The molecule has 2 N–H and O–H groups in total. The number of nitrogens with two attached hydrogens (primary N) is 1. The molecular weight excluding hydrogens is 242 g/mol. The molecule has 0 unspecified atom stereocenters. The van der Waals surface area contributed by atoms with Crippen molar-refractivity contribution in [2.45, 2.75) is 20.4 Å². The van der Waals surface area contributed by atoms with Gasteiger partial charge in [0.1, 0.15) is 0 Å². The average molecular weight is 259 g/mol. The summed E-state index contributed by atoms with van der Waals surface area (Å²) in [4.78, 5) is 11.4. The quantitative estimate of drug-likeness (QED) is 0.855. The van der Waals surface area contributed by atoms with Crippen molar-refractivity contribution in [1.82, 2.24) is 9.78 Å². The summed E-state index contributed by atoms with van der Waals surface area (Å²) in [5, 5.41) is 4.16. The van der Waals surface area contributed by atoms with Gasteiger partial charge in [0.15, 0.2) is 5.69 Å². The minimum atomic E-state index is -0.516. The number of rotatable bonds is 3. The molecule has 1 aromatic carbocycles. The van der Waals surface area contributed by atoms with Crippen LogP contribution in [0.3, 0.4) is 0 Å². The van der Waals surface area contributed by atoms with Gasteiger partial charge in [0.25, 0.3) is 0 Å². The maximum Gasteiger partial charge on any atom is 0.360 e. The molecule has 0 aliphatic heterocycles. The lowest BCUT2D eigenvalue weighted by Gasteiger charge is -2.07. The van der Waals surface area contributed by atoms with Gasteiger partial charge < -0.3 is 10.5 Å². The normalized spacial score (nSPS) is 10.5. The highest BCUT2D eigenvalue weighted by Gasteiger charge is 2.15. The number of aromatic nitrogens is 2. The molecule has 0 amide bonds. The van der Waals surface area contributed by atoms with Crippen LogP contribution in [0.2, 0.25) is 0 Å². The number of anilines is 1. The SMILES string of the molecule is COC(=O)c1nn(Cc2cc(C)ccc2C)cc1N. The zero-order valence-electron chi connectivity index (χ0n) is 11.3. The van der Waals surface area contributed by atoms with E-state index in [1.807, 2.05) is 13.8 Å². The van der Waals surface area contributed by atoms with Gasteiger partial charge in [-0.3, -0.25) is 4.68 Å². The molecule has 19 heavy (non-hydrogen) atoms. The Morgan fingerprint density at radius 2 is 2.16 bits per heavy atom. The topological polar surface area (TPSA) is 70.1 Å². The fourth-order valence-corrected chi connectivity index (χ4v) is 1.92. The lowest BCUT2D eigenvalue weighted by molar-refractivity contribution is 0.0594. The van der Waals surface area contributed by atoms with Gasteiger partial charge in [-0.1, -0.05) is 23.8 Å². The Kier molecular flexibility index (Phi) is 3.55. The monoisotopic (exact) mass is 259 g/mol. The number of nitrogen functional groups attached to an aromatic ring is 1. The number of benzene rings is 1. The Morgan fingerprint density at radius 1 is 1.42 bits per heavy atom. The highest BCUT2D eigenvalue weighted by Crippen LogP contribution is 2.15. The molecule has 1 aromatic heterocycles. The van der Waals surface area contributed by atoms with Crippen molar-refractivity contribution >= 4 is 11.7 Å². The van der Waals surface area contributed by atoms with Crippen LogP contribution in [0.15, 0.2) is 24.4 Å². The number of esters is 1. The molecule has 2 rings (SSSR count). The van der Waals surface area contributed by atoms with Crippen LogP contribution >= 0.6 is 0 Å². The Labute approximate surface area is 112 Å². The Balaban J connectivity index is 2.29. The van der Waals surface area contributed by atoms with Crippen molar-refractivity contribution in [3.63, 3.8) is 0 Å². The van der Waals surface area contributed by atoms with E-state index in [0.717, 1.165) is 5.56 Å². The second kappa shape index (κ2) is 5.14. The molecule has 0 aliphatic rings. The molecule has 0 bridgehead atoms. The number of carbonyl (C=O) groups excluding carboxylic acids is 1. The summed E-state index contributed by atoms with van der Waals surface area (Å²) in [6.45, 7) is 4.66. The van der Waals surface area contributed by atoms with Crippen LogP contribution in [0.25, 0.3) is 0 Å². The van der Waals surface area contributed by atoms with E-state index in [2.05, 4.69) is 28.0 Å². The van der Waals surface area contributed by atoms with Crippen molar-refractivity contribution in [2.24, 2.45) is 0 Å². The molecule has 5 nitrogen and oxygen atoms in total. The van der Waals surface area contributed by atoms with Crippen molar-refractivity contribution in [1.29, 1.82) is 0 Å². The van der Waals surface area contributed by atoms with Crippen LogP contribution in [-0.2, 0) is 11.3 Å². The van der Waals surface area contributed by atoms with Crippen molar-refractivity contribution in [2.75, 3.05) is 12.8 Å². The first kappa shape index (κ1) is 13.1. The Bertz CT molecular complexity index is 617. The summed E-state index contributed by atoms with van der Waals surface area (Å²) >= 11 is 0. The zero-order chi connectivity index (χ0) is 14.0. The third kappa shape index (κ3) is 2.76. The molecule has 0 fully saturated rings. The van der Waals surface area contributed by atoms with Gasteiger partial charge in [-0.2, -0.15) is 5.10 Å². The molecule has 0 atom stereocenters. The summed E-state index contributed by atoms with van der Waals surface area (Å²) in [6.07, 6.45) is 1.65. The second-order valence-electron chi connectivity index (χ2n) is 4.55. The number of aryl methyl sites for hydroxylation is 2. The van der Waals surface area contributed by atoms with E-state index in [9.17, 15) is 4.79 Å².